The Hall–Kier alpha value is -2.87. The minimum absolute atomic E-state index is 0.665. The van der Waals surface area contributed by atoms with Gasteiger partial charge < -0.3 is 24.8 Å². The number of aliphatic imine (C=N–C) groups is 1. The molecule has 0 saturated carbocycles. The first kappa shape index (κ1) is 20.4. The quantitative estimate of drug-likeness (QED) is 0.594. The van der Waals surface area contributed by atoms with Crippen LogP contribution < -0.4 is 15.1 Å². The van der Waals surface area contributed by atoms with Gasteiger partial charge in [-0.3, -0.25) is 0 Å². The number of guanidine groups is 1. The minimum atomic E-state index is 0.665. The van der Waals surface area contributed by atoms with E-state index in [0.717, 1.165) is 70.9 Å². The van der Waals surface area contributed by atoms with Crippen molar-refractivity contribution in [2.75, 3.05) is 68.8 Å². The Morgan fingerprint density at radius 1 is 0.967 bits per heavy atom. The van der Waals surface area contributed by atoms with Crippen molar-refractivity contribution in [3.8, 4) is 0 Å². The fourth-order valence-corrected chi connectivity index (χ4v) is 3.92. The molecule has 1 aromatic heterocycles. The standard InChI is InChI=1S/C22H31N7O/c1-2-23-21(28-10-12-29(13-11-28)22-24-8-5-9-25-22)26-18-19-6-3-4-7-20(19)27-14-16-30-17-15-27/h3-9H,2,10-18H2,1H3,(H,23,26). The molecular formula is C22H31N7O. The lowest BCUT2D eigenvalue weighted by atomic mass is 10.1. The topological polar surface area (TPSA) is 69.1 Å². The summed E-state index contributed by atoms with van der Waals surface area (Å²) in [6, 6.07) is 10.4. The van der Waals surface area contributed by atoms with E-state index in [2.05, 4.69) is 61.2 Å². The number of nitrogens with one attached hydrogen (secondary N) is 1. The zero-order valence-corrected chi connectivity index (χ0v) is 17.7. The van der Waals surface area contributed by atoms with Crippen molar-refractivity contribution in [1.82, 2.24) is 20.2 Å². The molecule has 2 aliphatic rings. The summed E-state index contributed by atoms with van der Waals surface area (Å²) in [5, 5.41) is 3.47. The van der Waals surface area contributed by atoms with E-state index in [1.807, 2.05) is 6.07 Å². The number of benzene rings is 1. The zero-order chi connectivity index (χ0) is 20.6. The van der Waals surface area contributed by atoms with Gasteiger partial charge in [-0.1, -0.05) is 18.2 Å². The second kappa shape index (κ2) is 10.2. The second-order valence-corrected chi connectivity index (χ2v) is 7.42. The molecule has 0 spiro atoms. The normalized spacial score (nSPS) is 17.9. The minimum Gasteiger partial charge on any atom is -0.378 e. The molecule has 160 valence electrons. The zero-order valence-electron chi connectivity index (χ0n) is 17.7. The fraction of sp³-hybridized carbons (Fsp3) is 0.500. The molecule has 2 fully saturated rings. The van der Waals surface area contributed by atoms with Crippen LogP contribution in [0.2, 0.25) is 0 Å². The molecule has 0 radical (unpaired) electrons. The fourth-order valence-electron chi connectivity index (χ4n) is 3.92. The van der Waals surface area contributed by atoms with Crippen LogP contribution in [-0.2, 0) is 11.3 Å². The summed E-state index contributed by atoms with van der Waals surface area (Å²) in [5.41, 5.74) is 2.53. The van der Waals surface area contributed by atoms with Gasteiger partial charge in [0.1, 0.15) is 0 Å². The van der Waals surface area contributed by atoms with Crippen LogP contribution in [0.25, 0.3) is 0 Å². The summed E-state index contributed by atoms with van der Waals surface area (Å²) in [5.74, 6) is 1.78. The Bertz CT molecular complexity index is 815. The Kier molecular flexibility index (Phi) is 6.97. The van der Waals surface area contributed by atoms with Crippen LogP contribution in [0.4, 0.5) is 11.6 Å². The lowest BCUT2D eigenvalue weighted by Gasteiger charge is -2.36. The highest BCUT2D eigenvalue weighted by Gasteiger charge is 2.21. The molecule has 1 N–H and O–H groups in total. The molecule has 0 unspecified atom stereocenters. The molecule has 8 heteroatoms. The molecule has 2 aliphatic heterocycles. The Morgan fingerprint density at radius 2 is 1.70 bits per heavy atom. The highest BCUT2D eigenvalue weighted by Crippen LogP contribution is 2.22. The number of morpholine rings is 1. The first-order valence-corrected chi connectivity index (χ1v) is 10.8. The van der Waals surface area contributed by atoms with Crippen molar-refractivity contribution in [2.45, 2.75) is 13.5 Å². The molecule has 2 aromatic rings. The van der Waals surface area contributed by atoms with Crippen LogP contribution in [0.1, 0.15) is 12.5 Å². The van der Waals surface area contributed by atoms with Gasteiger partial charge in [0.05, 0.1) is 19.8 Å². The van der Waals surface area contributed by atoms with Gasteiger partial charge in [0.15, 0.2) is 5.96 Å². The summed E-state index contributed by atoms with van der Waals surface area (Å²) in [6.07, 6.45) is 3.60. The largest absolute Gasteiger partial charge is 0.378 e. The van der Waals surface area contributed by atoms with Crippen molar-refractivity contribution < 1.29 is 4.74 Å². The average molecular weight is 410 g/mol. The van der Waals surface area contributed by atoms with E-state index >= 15 is 0 Å². The monoisotopic (exact) mass is 409 g/mol. The van der Waals surface area contributed by atoms with Crippen molar-refractivity contribution in [1.29, 1.82) is 0 Å². The average Bonchev–Trinajstić information content (AvgIpc) is 2.83. The maximum atomic E-state index is 5.51. The number of piperazine rings is 1. The molecule has 30 heavy (non-hydrogen) atoms. The smallest absolute Gasteiger partial charge is 0.225 e. The number of hydrogen-bond acceptors (Lipinski definition) is 6. The molecule has 4 rings (SSSR count). The van der Waals surface area contributed by atoms with Crippen LogP contribution in [0.5, 0.6) is 0 Å². The van der Waals surface area contributed by atoms with E-state index in [1.165, 1.54) is 11.3 Å². The molecular weight excluding hydrogens is 378 g/mol. The van der Waals surface area contributed by atoms with Gasteiger partial charge in [0.25, 0.3) is 0 Å². The third-order valence-electron chi connectivity index (χ3n) is 5.49. The van der Waals surface area contributed by atoms with Crippen LogP contribution in [0, 0.1) is 0 Å². The summed E-state index contributed by atoms with van der Waals surface area (Å²) >= 11 is 0. The van der Waals surface area contributed by atoms with Crippen molar-refractivity contribution >= 4 is 17.6 Å². The van der Waals surface area contributed by atoms with Crippen LogP contribution in [0.15, 0.2) is 47.7 Å². The van der Waals surface area contributed by atoms with Crippen molar-refractivity contribution in [3.63, 3.8) is 0 Å². The highest BCUT2D eigenvalue weighted by molar-refractivity contribution is 5.80. The molecule has 0 atom stereocenters. The Morgan fingerprint density at radius 3 is 2.43 bits per heavy atom. The van der Waals surface area contributed by atoms with Gasteiger partial charge in [0.2, 0.25) is 5.95 Å². The molecule has 0 amide bonds. The number of anilines is 2. The van der Waals surface area contributed by atoms with E-state index in [-0.39, 0.29) is 0 Å². The summed E-state index contributed by atoms with van der Waals surface area (Å²) in [4.78, 5) is 20.7. The second-order valence-electron chi connectivity index (χ2n) is 7.42. The Balaban J connectivity index is 1.42. The van der Waals surface area contributed by atoms with E-state index in [1.54, 1.807) is 12.4 Å². The number of ether oxygens (including phenoxy) is 1. The summed E-state index contributed by atoms with van der Waals surface area (Å²) in [6.45, 7) is 10.6. The van der Waals surface area contributed by atoms with Gasteiger partial charge in [-0.25, -0.2) is 15.0 Å². The van der Waals surface area contributed by atoms with Crippen LogP contribution in [-0.4, -0.2) is 79.9 Å². The third kappa shape index (κ3) is 4.99. The van der Waals surface area contributed by atoms with Crippen LogP contribution >= 0.6 is 0 Å². The first-order valence-electron chi connectivity index (χ1n) is 10.8. The van der Waals surface area contributed by atoms with Crippen molar-refractivity contribution in [2.24, 2.45) is 4.99 Å². The highest BCUT2D eigenvalue weighted by atomic mass is 16.5. The molecule has 3 heterocycles. The molecule has 2 saturated heterocycles. The molecule has 1 aromatic carbocycles. The molecule has 0 aliphatic carbocycles. The maximum absolute atomic E-state index is 5.51. The van der Waals surface area contributed by atoms with E-state index in [9.17, 15) is 0 Å². The number of aromatic nitrogens is 2. The lowest BCUT2D eigenvalue weighted by Crippen LogP contribution is -2.53. The predicted molar refractivity (Wildman–Crippen MR) is 120 cm³/mol. The predicted octanol–water partition coefficient (Wildman–Crippen LogP) is 1.60. The Labute approximate surface area is 178 Å². The number of hydrogen-bond donors (Lipinski definition) is 1. The van der Waals surface area contributed by atoms with Gasteiger partial charge in [-0.2, -0.15) is 0 Å². The number of para-hydroxylation sites is 1. The van der Waals surface area contributed by atoms with Gasteiger partial charge in [-0.05, 0) is 24.6 Å². The number of rotatable bonds is 5. The summed E-state index contributed by atoms with van der Waals surface area (Å²) < 4.78 is 5.51. The van der Waals surface area contributed by atoms with Gasteiger partial charge in [-0.15, -0.1) is 0 Å². The first-order chi connectivity index (χ1) is 14.8. The molecule has 0 bridgehead atoms. The maximum Gasteiger partial charge on any atom is 0.225 e. The van der Waals surface area contributed by atoms with E-state index in [0.29, 0.717) is 6.54 Å². The van der Waals surface area contributed by atoms with E-state index in [4.69, 9.17) is 9.73 Å². The van der Waals surface area contributed by atoms with Crippen molar-refractivity contribution in [3.05, 3.63) is 48.3 Å². The lowest BCUT2D eigenvalue weighted by molar-refractivity contribution is 0.122. The SMILES string of the molecule is CCNC(=NCc1ccccc1N1CCOCC1)N1CCN(c2ncccn2)CC1. The van der Waals surface area contributed by atoms with Gasteiger partial charge >= 0.3 is 0 Å². The third-order valence-corrected chi connectivity index (χ3v) is 5.49. The number of nitrogens with zero attached hydrogens (tertiary/aromatic N) is 6. The molecule has 8 nitrogen and oxygen atoms in total. The van der Waals surface area contributed by atoms with E-state index < -0.39 is 0 Å². The van der Waals surface area contributed by atoms with Gasteiger partial charge in [0, 0.05) is 63.9 Å². The summed E-state index contributed by atoms with van der Waals surface area (Å²) in [7, 11) is 0. The van der Waals surface area contributed by atoms with Crippen LogP contribution in [0.3, 0.4) is 0 Å².